The molecule has 0 aliphatic carbocycles. The Labute approximate surface area is 81.1 Å². The van der Waals surface area contributed by atoms with E-state index >= 15 is 0 Å². The molecular weight excluding hydrogens is 214 g/mol. The lowest BCUT2D eigenvalue weighted by atomic mass is 10.2. The van der Waals surface area contributed by atoms with Gasteiger partial charge in [-0.25, -0.2) is 0 Å². The van der Waals surface area contributed by atoms with Gasteiger partial charge >= 0.3 is 0 Å². The van der Waals surface area contributed by atoms with Crippen molar-refractivity contribution in [2.45, 2.75) is 11.8 Å². The largest absolute Gasteiger partial charge is 0.299 e. The molecule has 0 aliphatic heterocycles. The first-order chi connectivity index (χ1) is 5.82. The fraction of sp³-hybridized carbons (Fsp3) is 0.143. The lowest BCUT2D eigenvalue weighted by Gasteiger charge is -2.03. The molecule has 71 valence electrons. The molecule has 0 saturated carbocycles. The van der Waals surface area contributed by atoms with Crippen molar-refractivity contribution in [2.75, 3.05) is 0 Å². The topological polar surface area (TPSA) is 78.2 Å². The smallest absolute Gasteiger partial charge is 0.296 e. The molecule has 13 heavy (non-hydrogen) atoms. The third-order valence-corrected chi connectivity index (χ3v) is 2.84. The summed E-state index contributed by atoms with van der Waals surface area (Å²) in [6, 6.07) is 2.35. The summed E-state index contributed by atoms with van der Waals surface area (Å²) in [7, 11) is -4.34. The Morgan fingerprint density at radius 3 is 2.46 bits per heavy atom. The van der Waals surface area contributed by atoms with Crippen LogP contribution in [0.2, 0.25) is 5.02 Å². The minimum Gasteiger partial charge on any atom is -0.299 e. The van der Waals surface area contributed by atoms with Crippen molar-refractivity contribution in [1.82, 2.24) is 5.73 Å². The summed E-state index contributed by atoms with van der Waals surface area (Å²) in [6.45, 7) is 1.65. The second-order valence-corrected chi connectivity index (χ2v) is 4.37. The van der Waals surface area contributed by atoms with Gasteiger partial charge < -0.3 is 0 Å². The van der Waals surface area contributed by atoms with Crippen LogP contribution in [0.1, 0.15) is 5.56 Å². The van der Waals surface area contributed by atoms with E-state index in [0.29, 0.717) is 5.56 Å². The lowest BCUT2D eigenvalue weighted by Crippen LogP contribution is -2.00. The summed E-state index contributed by atoms with van der Waals surface area (Å²) >= 11 is 5.63. The van der Waals surface area contributed by atoms with Gasteiger partial charge in [-0.05, 0) is 24.6 Å². The average molecular weight is 221 g/mol. The van der Waals surface area contributed by atoms with Gasteiger partial charge in [-0.2, -0.15) is 8.42 Å². The van der Waals surface area contributed by atoms with Crippen molar-refractivity contribution < 1.29 is 13.0 Å². The lowest BCUT2D eigenvalue weighted by molar-refractivity contribution is 0.483. The molecule has 0 unspecified atom stereocenters. The number of hydrogen-bond acceptors (Lipinski definition) is 2. The first-order valence-corrected chi connectivity index (χ1v) is 5.13. The number of hydrogen-bond donors (Lipinski definition) is 1. The highest BCUT2D eigenvalue weighted by Gasteiger charge is 2.15. The molecule has 0 atom stereocenters. The van der Waals surface area contributed by atoms with Crippen molar-refractivity contribution in [2.24, 2.45) is 0 Å². The molecule has 1 aromatic carbocycles. The van der Waals surface area contributed by atoms with E-state index in [0.717, 1.165) is 6.07 Å². The molecule has 0 heterocycles. The number of aryl methyl sites for hydroxylation is 1. The second-order valence-electron chi connectivity index (χ2n) is 2.57. The van der Waals surface area contributed by atoms with E-state index in [4.69, 9.17) is 21.9 Å². The molecular formula is C7H7ClNO3S. The van der Waals surface area contributed by atoms with Crippen molar-refractivity contribution in [3.8, 4) is 0 Å². The van der Waals surface area contributed by atoms with Gasteiger partial charge in [-0.15, -0.1) is 0 Å². The number of nitrogens with one attached hydrogen (secondary N) is 1. The Balaban J connectivity index is 3.50. The SMILES string of the molecule is Cc1cc([NH])c(S(=O)(=O)O)cc1Cl. The van der Waals surface area contributed by atoms with Crippen LogP contribution in [0.4, 0.5) is 5.69 Å². The van der Waals surface area contributed by atoms with Crippen LogP contribution in [-0.2, 0) is 10.1 Å². The number of rotatable bonds is 1. The molecule has 1 rings (SSSR count). The Kier molecular flexibility index (Phi) is 2.51. The molecule has 0 saturated heterocycles. The molecule has 0 aliphatic rings. The molecule has 0 aromatic heterocycles. The van der Waals surface area contributed by atoms with Crippen molar-refractivity contribution >= 4 is 27.4 Å². The molecule has 2 N–H and O–H groups in total. The van der Waals surface area contributed by atoms with Gasteiger partial charge in [0.2, 0.25) is 0 Å². The van der Waals surface area contributed by atoms with Crippen LogP contribution in [0.15, 0.2) is 17.0 Å². The Hall–Kier alpha value is -0.780. The Bertz CT molecular complexity index is 441. The van der Waals surface area contributed by atoms with Gasteiger partial charge in [0.25, 0.3) is 10.1 Å². The van der Waals surface area contributed by atoms with E-state index in [9.17, 15) is 8.42 Å². The third-order valence-electron chi connectivity index (χ3n) is 1.54. The minimum absolute atomic E-state index is 0.212. The van der Waals surface area contributed by atoms with E-state index < -0.39 is 15.0 Å². The first kappa shape index (κ1) is 10.3. The Morgan fingerprint density at radius 2 is 2.00 bits per heavy atom. The van der Waals surface area contributed by atoms with E-state index in [2.05, 4.69) is 0 Å². The average Bonchev–Trinajstić information content (AvgIpc) is 1.94. The van der Waals surface area contributed by atoms with Crippen molar-refractivity contribution in [1.29, 1.82) is 0 Å². The van der Waals surface area contributed by atoms with Crippen LogP contribution in [0.3, 0.4) is 0 Å². The molecule has 0 bridgehead atoms. The summed E-state index contributed by atoms with van der Waals surface area (Å²) in [5.74, 6) is 0. The van der Waals surface area contributed by atoms with Gasteiger partial charge in [-0.3, -0.25) is 10.3 Å². The van der Waals surface area contributed by atoms with Crippen LogP contribution in [0.5, 0.6) is 0 Å². The highest BCUT2D eigenvalue weighted by atomic mass is 35.5. The monoisotopic (exact) mass is 220 g/mol. The Morgan fingerprint density at radius 1 is 1.46 bits per heavy atom. The quantitative estimate of drug-likeness (QED) is 0.733. The summed E-state index contributed by atoms with van der Waals surface area (Å²) in [5.41, 5.74) is 7.60. The standard InChI is InChI=1S/C7H7ClNO3S/c1-4-2-6(9)7(3-5(4)8)13(10,11)12/h2-3,9H,1H3,(H,10,11,12). The zero-order chi connectivity index (χ0) is 10.2. The van der Waals surface area contributed by atoms with Gasteiger partial charge in [0.15, 0.2) is 0 Å². The van der Waals surface area contributed by atoms with Crippen LogP contribution >= 0.6 is 11.6 Å². The van der Waals surface area contributed by atoms with E-state index in [-0.39, 0.29) is 10.7 Å². The van der Waals surface area contributed by atoms with Crippen LogP contribution < -0.4 is 5.73 Å². The van der Waals surface area contributed by atoms with E-state index in [1.807, 2.05) is 0 Å². The molecule has 1 radical (unpaired) electrons. The predicted octanol–water partition coefficient (Wildman–Crippen LogP) is 1.81. The maximum absolute atomic E-state index is 10.7. The fourth-order valence-electron chi connectivity index (χ4n) is 0.877. The summed E-state index contributed by atoms with van der Waals surface area (Å²) in [5, 5.41) is 0.212. The number of halogens is 1. The minimum atomic E-state index is -4.34. The van der Waals surface area contributed by atoms with Gasteiger partial charge in [0.05, 0.1) is 5.69 Å². The highest BCUT2D eigenvalue weighted by Crippen LogP contribution is 2.26. The zero-order valence-corrected chi connectivity index (χ0v) is 8.28. The maximum atomic E-state index is 10.7. The molecule has 0 fully saturated rings. The highest BCUT2D eigenvalue weighted by molar-refractivity contribution is 7.86. The molecule has 0 spiro atoms. The summed E-state index contributed by atoms with van der Waals surface area (Å²) in [6.07, 6.45) is 0. The normalized spacial score (nSPS) is 11.6. The summed E-state index contributed by atoms with van der Waals surface area (Å²) < 4.78 is 30.1. The van der Waals surface area contributed by atoms with Gasteiger partial charge in [0.1, 0.15) is 4.90 Å². The zero-order valence-electron chi connectivity index (χ0n) is 6.70. The fourth-order valence-corrected chi connectivity index (χ4v) is 1.71. The maximum Gasteiger partial charge on any atom is 0.296 e. The van der Waals surface area contributed by atoms with Crippen molar-refractivity contribution in [3.05, 3.63) is 22.7 Å². The van der Waals surface area contributed by atoms with Crippen LogP contribution in [-0.4, -0.2) is 13.0 Å². The van der Waals surface area contributed by atoms with E-state index in [1.54, 1.807) is 6.92 Å². The van der Waals surface area contributed by atoms with Crippen molar-refractivity contribution in [3.63, 3.8) is 0 Å². The first-order valence-electron chi connectivity index (χ1n) is 3.31. The molecule has 1 aromatic rings. The number of benzene rings is 1. The van der Waals surface area contributed by atoms with E-state index in [1.165, 1.54) is 6.07 Å². The van der Waals surface area contributed by atoms with Crippen LogP contribution in [0, 0.1) is 6.92 Å². The van der Waals surface area contributed by atoms with Crippen LogP contribution in [0.25, 0.3) is 0 Å². The predicted molar refractivity (Wildman–Crippen MR) is 48.8 cm³/mol. The summed E-state index contributed by atoms with van der Waals surface area (Å²) in [4.78, 5) is -0.469. The van der Waals surface area contributed by atoms with Gasteiger partial charge in [0, 0.05) is 5.02 Å². The van der Waals surface area contributed by atoms with Gasteiger partial charge in [-0.1, -0.05) is 11.6 Å². The second kappa shape index (κ2) is 3.17. The molecule has 6 heteroatoms. The molecule has 0 amide bonds. The third kappa shape index (κ3) is 2.12. The molecule has 4 nitrogen and oxygen atoms in total.